The molecular formula is C24H29N3O3. The molecule has 1 amide bonds. The second-order valence-corrected chi connectivity index (χ2v) is 7.23. The van der Waals surface area contributed by atoms with Crippen LogP contribution in [0.3, 0.4) is 0 Å². The zero-order valence-electron chi connectivity index (χ0n) is 18.1. The van der Waals surface area contributed by atoms with Gasteiger partial charge >= 0.3 is 0 Å². The van der Waals surface area contributed by atoms with Gasteiger partial charge in [0.05, 0.1) is 29.2 Å². The average Bonchev–Trinajstić information content (AvgIpc) is 2.75. The molecule has 6 nitrogen and oxygen atoms in total. The maximum Gasteiger partial charge on any atom is 0.266 e. The Labute approximate surface area is 177 Å². The number of ether oxygens (including phenoxy) is 1. The number of hydrogen-bond acceptors (Lipinski definition) is 4. The summed E-state index contributed by atoms with van der Waals surface area (Å²) in [7, 11) is 1.79. The van der Waals surface area contributed by atoms with Crippen LogP contribution in [0.4, 0.5) is 0 Å². The first-order valence-electron chi connectivity index (χ1n) is 10.5. The van der Waals surface area contributed by atoms with Gasteiger partial charge in [-0.05, 0) is 56.2 Å². The van der Waals surface area contributed by atoms with E-state index >= 15 is 0 Å². The normalized spacial score (nSPS) is 12.0. The molecule has 0 saturated heterocycles. The molecule has 0 saturated carbocycles. The number of para-hydroxylation sites is 1. The topological polar surface area (TPSA) is 64.4 Å². The monoisotopic (exact) mass is 407 g/mol. The van der Waals surface area contributed by atoms with E-state index < -0.39 is 0 Å². The summed E-state index contributed by atoms with van der Waals surface area (Å²) in [6, 6.07) is 14.4. The minimum atomic E-state index is -0.312. The summed E-state index contributed by atoms with van der Waals surface area (Å²) in [5.41, 5.74) is 1.19. The first kappa shape index (κ1) is 21.6. The Bertz CT molecular complexity index is 1070. The molecule has 0 fully saturated rings. The van der Waals surface area contributed by atoms with E-state index in [0.717, 1.165) is 12.2 Å². The van der Waals surface area contributed by atoms with E-state index in [0.29, 0.717) is 41.9 Å². The van der Waals surface area contributed by atoms with Gasteiger partial charge in [-0.1, -0.05) is 26.0 Å². The number of aromatic nitrogens is 2. The van der Waals surface area contributed by atoms with Crippen molar-refractivity contribution < 1.29 is 9.53 Å². The molecule has 1 unspecified atom stereocenters. The lowest BCUT2D eigenvalue weighted by Crippen LogP contribution is -2.35. The number of benzene rings is 2. The molecule has 0 aliphatic heterocycles. The molecule has 3 rings (SSSR count). The average molecular weight is 408 g/mol. The first-order chi connectivity index (χ1) is 14.5. The van der Waals surface area contributed by atoms with E-state index in [-0.39, 0.29) is 17.5 Å². The quantitative estimate of drug-likeness (QED) is 0.552. The molecule has 3 aromatic rings. The van der Waals surface area contributed by atoms with Crippen LogP contribution < -0.4 is 10.3 Å². The van der Waals surface area contributed by atoms with Crippen molar-refractivity contribution >= 4 is 16.8 Å². The molecule has 1 aromatic heterocycles. The second-order valence-electron chi connectivity index (χ2n) is 7.23. The van der Waals surface area contributed by atoms with Crippen molar-refractivity contribution in [3.8, 4) is 11.4 Å². The molecule has 6 heteroatoms. The lowest BCUT2D eigenvalue weighted by Gasteiger charge is -2.29. The van der Waals surface area contributed by atoms with Gasteiger partial charge in [0.1, 0.15) is 11.6 Å². The van der Waals surface area contributed by atoms with Crippen molar-refractivity contribution in [2.45, 2.75) is 46.1 Å². The highest BCUT2D eigenvalue weighted by molar-refractivity contribution is 5.78. The third-order valence-electron chi connectivity index (χ3n) is 5.22. The van der Waals surface area contributed by atoms with Crippen LogP contribution in [0.15, 0.2) is 53.3 Å². The number of carbonyl (C=O) groups is 1. The Morgan fingerprint density at radius 1 is 1.10 bits per heavy atom. The van der Waals surface area contributed by atoms with Crippen LogP contribution in [-0.2, 0) is 4.79 Å². The summed E-state index contributed by atoms with van der Waals surface area (Å²) in [5, 5.41) is 0.549. The summed E-state index contributed by atoms with van der Waals surface area (Å²) >= 11 is 0. The fraction of sp³-hybridized carbons (Fsp3) is 0.375. The van der Waals surface area contributed by atoms with E-state index in [2.05, 4.69) is 0 Å². The highest BCUT2D eigenvalue weighted by Crippen LogP contribution is 2.26. The van der Waals surface area contributed by atoms with E-state index in [1.54, 1.807) is 22.6 Å². The molecule has 1 heterocycles. The van der Waals surface area contributed by atoms with Crippen LogP contribution in [0.5, 0.6) is 5.75 Å². The minimum Gasteiger partial charge on any atom is -0.494 e. The molecule has 0 aliphatic rings. The standard InChI is InChI=1S/C24H29N3O3/c1-5-10-22(28)26(4)21(6-2)23-25-20-12-9-8-11-19(20)24(29)27(23)17-13-15-18(16-14-17)30-7-3/h8-9,11-16,21H,5-7,10H2,1-4H3. The Kier molecular flexibility index (Phi) is 6.87. The predicted molar refractivity (Wildman–Crippen MR) is 119 cm³/mol. The summed E-state index contributed by atoms with van der Waals surface area (Å²) in [4.78, 5) is 32.7. The van der Waals surface area contributed by atoms with Crippen LogP contribution in [0.1, 0.15) is 51.9 Å². The summed E-state index contributed by atoms with van der Waals surface area (Å²) in [6.45, 7) is 6.49. The van der Waals surface area contributed by atoms with Crippen LogP contribution in [-0.4, -0.2) is 34.0 Å². The smallest absolute Gasteiger partial charge is 0.266 e. The predicted octanol–water partition coefficient (Wildman–Crippen LogP) is 4.49. The molecule has 0 spiro atoms. The molecule has 0 bridgehead atoms. The number of fused-ring (bicyclic) bond motifs is 1. The molecule has 1 atom stereocenters. The van der Waals surface area contributed by atoms with Crippen molar-refractivity contribution in [3.63, 3.8) is 0 Å². The van der Waals surface area contributed by atoms with E-state index in [1.807, 2.05) is 63.2 Å². The van der Waals surface area contributed by atoms with Gasteiger partial charge in [-0.2, -0.15) is 0 Å². The molecule has 0 aliphatic carbocycles. The Balaban J connectivity index is 2.22. The SMILES string of the molecule is CCCC(=O)N(C)C(CC)c1nc2ccccc2c(=O)n1-c1ccc(OCC)cc1. The number of nitrogens with zero attached hydrogens (tertiary/aromatic N) is 3. The zero-order chi connectivity index (χ0) is 21.7. The van der Waals surface area contributed by atoms with Gasteiger partial charge < -0.3 is 9.64 Å². The third kappa shape index (κ3) is 4.22. The van der Waals surface area contributed by atoms with Gasteiger partial charge in [0.15, 0.2) is 0 Å². The first-order valence-corrected chi connectivity index (χ1v) is 10.5. The molecular weight excluding hydrogens is 378 g/mol. The van der Waals surface area contributed by atoms with Crippen molar-refractivity contribution in [2.75, 3.05) is 13.7 Å². The van der Waals surface area contributed by atoms with Gasteiger partial charge in [-0.3, -0.25) is 14.2 Å². The van der Waals surface area contributed by atoms with Gasteiger partial charge in [0, 0.05) is 13.5 Å². The van der Waals surface area contributed by atoms with Gasteiger partial charge in [-0.15, -0.1) is 0 Å². The number of hydrogen-bond donors (Lipinski definition) is 0. The molecule has 0 N–H and O–H groups in total. The van der Waals surface area contributed by atoms with E-state index in [9.17, 15) is 9.59 Å². The summed E-state index contributed by atoms with van der Waals surface area (Å²) in [5.74, 6) is 1.36. The van der Waals surface area contributed by atoms with Crippen LogP contribution in [0.2, 0.25) is 0 Å². The Morgan fingerprint density at radius 3 is 2.43 bits per heavy atom. The second kappa shape index (κ2) is 9.57. The van der Waals surface area contributed by atoms with Crippen molar-refractivity contribution in [3.05, 3.63) is 64.7 Å². The number of carbonyl (C=O) groups excluding carboxylic acids is 1. The fourth-order valence-electron chi connectivity index (χ4n) is 3.67. The Morgan fingerprint density at radius 2 is 1.80 bits per heavy atom. The lowest BCUT2D eigenvalue weighted by atomic mass is 10.1. The van der Waals surface area contributed by atoms with Crippen molar-refractivity contribution in [1.82, 2.24) is 14.5 Å². The van der Waals surface area contributed by atoms with Gasteiger partial charge in [0.2, 0.25) is 5.91 Å². The van der Waals surface area contributed by atoms with Crippen molar-refractivity contribution in [1.29, 1.82) is 0 Å². The maximum absolute atomic E-state index is 13.5. The lowest BCUT2D eigenvalue weighted by molar-refractivity contribution is -0.132. The van der Waals surface area contributed by atoms with Crippen LogP contribution >= 0.6 is 0 Å². The zero-order valence-corrected chi connectivity index (χ0v) is 18.1. The molecule has 158 valence electrons. The fourth-order valence-corrected chi connectivity index (χ4v) is 3.67. The van der Waals surface area contributed by atoms with Gasteiger partial charge in [-0.25, -0.2) is 4.98 Å². The molecule has 30 heavy (non-hydrogen) atoms. The maximum atomic E-state index is 13.5. The molecule has 0 radical (unpaired) electrons. The van der Waals surface area contributed by atoms with Crippen LogP contribution in [0.25, 0.3) is 16.6 Å². The highest BCUT2D eigenvalue weighted by Gasteiger charge is 2.26. The van der Waals surface area contributed by atoms with E-state index in [1.165, 1.54) is 0 Å². The van der Waals surface area contributed by atoms with Gasteiger partial charge in [0.25, 0.3) is 5.56 Å². The number of amides is 1. The minimum absolute atomic E-state index is 0.0463. The number of rotatable bonds is 8. The summed E-state index contributed by atoms with van der Waals surface area (Å²) in [6.07, 6.45) is 1.89. The highest BCUT2D eigenvalue weighted by atomic mass is 16.5. The molecule has 2 aromatic carbocycles. The Hall–Kier alpha value is -3.15. The van der Waals surface area contributed by atoms with Crippen molar-refractivity contribution in [2.24, 2.45) is 0 Å². The largest absolute Gasteiger partial charge is 0.494 e. The van der Waals surface area contributed by atoms with E-state index in [4.69, 9.17) is 9.72 Å². The third-order valence-corrected chi connectivity index (χ3v) is 5.22. The van der Waals surface area contributed by atoms with Crippen LogP contribution in [0, 0.1) is 0 Å². The summed E-state index contributed by atoms with van der Waals surface area (Å²) < 4.78 is 7.16.